The molecule has 2 rings (SSSR count). The number of aromatic nitrogens is 1. The van der Waals surface area contributed by atoms with Crippen LogP contribution < -0.4 is 0 Å². The summed E-state index contributed by atoms with van der Waals surface area (Å²) in [4.78, 5) is 13.9. The first-order valence-electron chi connectivity index (χ1n) is 5.92. The monoisotopic (exact) mass is 238 g/mol. The fraction of sp³-hybridized carbons (Fsp3) is 0.667. The molecule has 1 saturated heterocycles. The molecule has 1 aliphatic heterocycles. The number of hydrogen-bond donors (Lipinski definition) is 1. The summed E-state index contributed by atoms with van der Waals surface area (Å²) < 4.78 is 5.04. The number of aryl methyl sites for hydroxylation is 2. The van der Waals surface area contributed by atoms with Crippen molar-refractivity contribution in [3.63, 3.8) is 0 Å². The Morgan fingerprint density at radius 3 is 2.88 bits per heavy atom. The van der Waals surface area contributed by atoms with E-state index < -0.39 is 0 Å². The maximum Gasteiger partial charge on any atom is 0.227 e. The molecule has 1 fully saturated rings. The number of likely N-dealkylation sites (tertiary alicyclic amines) is 1. The maximum atomic E-state index is 12.1. The fourth-order valence-corrected chi connectivity index (χ4v) is 2.23. The van der Waals surface area contributed by atoms with Crippen LogP contribution in [0.3, 0.4) is 0 Å². The third-order valence-electron chi connectivity index (χ3n) is 3.41. The molecule has 0 saturated carbocycles. The molecule has 0 aromatic carbocycles. The van der Waals surface area contributed by atoms with Gasteiger partial charge in [0.25, 0.3) is 0 Å². The lowest BCUT2D eigenvalue weighted by Crippen LogP contribution is -2.30. The van der Waals surface area contributed by atoms with Crippen LogP contribution in [0.1, 0.15) is 23.4 Å². The highest BCUT2D eigenvalue weighted by molar-refractivity contribution is 5.79. The fourth-order valence-electron chi connectivity index (χ4n) is 2.23. The van der Waals surface area contributed by atoms with Gasteiger partial charge in [0.05, 0.1) is 12.1 Å². The lowest BCUT2D eigenvalue weighted by molar-refractivity contribution is -0.129. The molecule has 17 heavy (non-hydrogen) atoms. The van der Waals surface area contributed by atoms with Gasteiger partial charge in [0.2, 0.25) is 5.91 Å². The van der Waals surface area contributed by atoms with Crippen molar-refractivity contribution in [2.24, 2.45) is 5.92 Å². The van der Waals surface area contributed by atoms with Crippen LogP contribution in [0.15, 0.2) is 4.52 Å². The Balaban J connectivity index is 1.98. The van der Waals surface area contributed by atoms with Crippen LogP contribution in [-0.4, -0.2) is 40.8 Å². The van der Waals surface area contributed by atoms with Crippen LogP contribution in [0.5, 0.6) is 0 Å². The van der Waals surface area contributed by atoms with Gasteiger partial charge in [-0.2, -0.15) is 0 Å². The van der Waals surface area contributed by atoms with Crippen molar-refractivity contribution in [2.45, 2.75) is 26.7 Å². The largest absolute Gasteiger partial charge is 0.396 e. The molecule has 94 valence electrons. The van der Waals surface area contributed by atoms with E-state index in [0.717, 1.165) is 24.2 Å². The minimum atomic E-state index is 0.0929. The minimum absolute atomic E-state index is 0.0929. The summed E-state index contributed by atoms with van der Waals surface area (Å²) in [5, 5.41) is 12.9. The molecule has 0 bridgehead atoms. The zero-order valence-electron chi connectivity index (χ0n) is 10.3. The van der Waals surface area contributed by atoms with Crippen LogP contribution >= 0.6 is 0 Å². The van der Waals surface area contributed by atoms with Crippen LogP contribution in [0, 0.1) is 19.8 Å². The maximum absolute atomic E-state index is 12.1. The summed E-state index contributed by atoms with van der Waals surface area (Å²) in [6, 6.07) is 0. The highest BCUT2D eigenvalue weighted by Gasteiger charge is 2.26. The quantitative estimate of drug-likeness (QED) is 0.840. The average Bonchev–Trinajstić information content (AvgIpc) is 2.90. The van der Waals surface area contributed by atoms with Gasteiger partial charge >= 0.3 is 0 Å². The van der Waals surface area contributed by atoms with Crippen LogP contribution in [-0.2, 0) is 11.2 Å². The predicted molar refractivity (Wildman–Crippen MR) is 61.5 cm³/mol. The summed E-state index contributed by atoms with van der Waals surface area (Å²) in [6.07, 6.45) is 1.24. The predicted octanol–water partition coefficient (Wildman–Crippen LogP) is 0.675. The second-order valence-corrected chi connectivity index (χ2v) is 4.66. The van der Waals surface area contributed by atoms with E-state index >= 15 is 0 Å². The smallest absolute Gasteiger partial charge is 0.227 e. The second kappa shape index (κ2) is 4.87. The summed E-state index contributed by atoms with van der Waals surface area (Å²) >= 11 is 0. The van der Waals surface area contributed by atoms with Gasteiger partial charge in [0.15, 0.2) is 0 Å². The molecule has 1 aliphatic rings. The van der Waals surface area contributed by atoms with Crippen LogP contribution in [0.25, 0.3) is 0 Å². The number of carbonyl (C=O) groups is 1. The molecule has 0 spiro atoms. The van der Waals surface area contributed by atoms with Crippen molar-refractivity contribution in [3.8, 4) is 0 Å². The van der Waals surface area contributed by atoms with E-state index in [-0.39, 0.29) is 18.4 Å². The zero-order chi connectivity index (χ0) is 12.4. The van der Waals surface area contributed by atoms with Crippen molar-refractivity contribution in [1.29, 1.82) is 0 Å². The van der Waals surface area contributed by atoms with E-state index in [4.69, 9.17) is 9.63 Å². The normalized spacial score (nSPS) is 19.9. The molecule has 0 unspecified atom stereocenters. The Hall–Kier alpha value is -1.36. The first kappa shape index (κ1) is 12.1. The van der Waals surface area contributed by atoms with Crippen LogP contribution in [0.2, 0.25) is 0 Å². The number of nitrogens with zero attached hydrogens (tertiary/aromatic N) is 2. The van der Waals surface area contributed by atoms with E-state index in [1.54, 1.807) is 0 Å². The Morgan fingerprint density at radius 2 is 2.35 bits per heavy atom. The Bertz CT molecular complexity index is 394. The van der Waals surface area contributed by atoms with Gasteiger partial charge in [-0.25, -0.2) is 0 Å². The topological polar surface area (TPSA) is 66.6 Å². The van der Waals surface area contributed by atoms with Crippen molar-refractivity contribution in [3.05, 3.63) is 17.0 Å². The van der Waals surface area contributed by atoms with E-state index in [1.165, 1.54) is 0 Å². The Kier molecular flexibility index (Phi) is 3.47. The molecule has 1 N–H and O–H groups in total. The van der Waals surface area contributed by atoms with Gasteiger partial charge in [-0.3, -0.25) is 4.79 Å². The molecule has 1 amide bonds. The van der Waals surface area contributed by atoms with E-state index in [0.29, 0.717) is 18.7 Å². The van der Waals surface area contributed by atoms with E-state index in [9.17, 15) is 4.79 Å². The third kappa shape index (κ3) is 2.49. The molecule has 0 radical (unpaired) electrons. The van der Waals surface area contributed by atoms with Gasteiger partial charge in [-0.15, -0.1) is 0 Å². The highest BCUT2D eigenvalue weighted by atomic mass is 16.5. The Morgan fingerprint density at radius 1 is 1.59 bits per heavy atom. The molecular weight excluding hydrogens is 220 g/mol. The third-order valence-corrected chi connectivity index (χ3v) is 3.41. The van der Waals surface area contributed by atoms with Gasteiger partial charge in [0, 0.05) is 31.2 Å². The number of amides is 1. The molecule has 5 nitrogen and oxygen atoms in total. The summed E-state index contributed by atoms with van der Waals surface area (Å²) in [5.74, 6) is 1.05. The van der Waals surface area contributed by atoms with E-state index in [2.05, 4.69) is 5.16 Å². The molecule has 1 aromatic heterocycles. The second-order valence-electron chi connectivity index (χ2n) is 4.66. The highest BCUT2D eigenvalue weighted by Crippen LogP contribution is 2.19. The average molecular weight is 238 g/mol. The van der Waals surface area contributed by atoms with Crippen molar-refractivity contribution in [2.75, 3.05) is 19.7 Å². The van der Waals surface area contributed by atoms with Crippen molar-refractivity contribution < 1.29 is 14.4 Å². The Labute approximate surface area is 100 Å². The summed E-state index contributed by atoms with van der Waals surface area (Å²) in [7, 11) is 0. The molecular formula is C12H18N2O3. The molecule has 1 aromatic rings. The van der Waals surface area contributed by atoms with Crippen molar-refractivity contribution in [1.82, 2.24) is 10.1 Å². The van der Waals surface area contributed by atoms with Gasteiger partial charge < -0.3 is 14.5 Å². The molecule has 2 heterocycles. The number of carbonyl (C=O) groups excluding carboxylic acids is 1. The standard InChI is InChI=1S/C12H18N2O3/c1-8-11(9(2)17-13-8)5-12(16)14-4-3-10(6-14)7-15/h10,15H,3-7H2,1-2H3/t10-/m1/s1. The zero-order valence-corrected chi connectivity index (χ0v) is 10.3. The van der Waals surface area contributed by atoms with E-state index in [1.807, 2.05) is 18.7 Å². The lowest BCUT2D eigenvalue weighted by atomic mass is 10.1. The summed E-state index contributed by atoms with van der Waals surface area (Å²) in [6.45, 7) is 5.24. The molecule has 0 aliphatic carbocycles. The lowest BCUT2D eigenvalue weighted by Gasteiger charge is -2.15. The number of hydrogen-bond acceptors (Lipinski definition) is 4. The van der Waals surface area contributed by atoms with Crippen molar-refractivity contribution >= 4 is 5.91 Å². The SMILES string of the molecule is Cc1noc(C)c1CC(=O)N1CC[C@@H](CO)C1. The number of aliphatic hydroxyl groups excluding tert-OH is 1. The van der Waals surface area contributed by atoms with Gasteiger partial charge in [0.1, 0.15) is 5.76 Å². The van der Waals surface area contributed by atoms with Crippen LogP contribution in [0.4, 0.5) is 0 Å². The van der Waals surface area contributed by atoms with Gasteiger partial charge in [-0.1, -0.05) is 5.16 Å². The first-order valence-corrected chi connectivity index (χ1v) is 5.92. The first-order chi connectivity index (χ1) is 8.11. The number of aliphatic hydroxyl groups is 1. The molecule has 5 heteroatoms. The summed E-state index contributed by atoms with van der Waals surface area (Å²) in [5.41, 5.74) is 1.68. The minimum Gasteiger partial charge on any atom is -0.396 e. The number of rotatable bonds is 3. The van der Waals surface area contributed by atoms with Gasteiger partial charge in [-0.05, 0) is 20.3 Å². The molecule has 1 atom stereocenters.